The first kappa shape index (κ1) is 15.5. The minimum absolute atomic E-state index is 0.0227. The molecule has 5 heteroatoms. The highest BCUT2D eigenvalue weighted by molar-refractivity contribution is 5.94. The number of aromatic nitrogens is 2. The van der Waals surface area contributed by atoms with Crippen LogP contribution in [0.2, 0.25) is 0 Å². The van der Waals surface area contributed by atoms with Gasteiger partial charge in [0.05, 0.1) is 17.9 Å². The van der Waals surface area contributed by atoms with E-state index >= 15 is 0 Å². The fourth-order valence-electron chi connectivity index (χ4n) is 3.99. The van der Waals surface area contributed by atoms with Gasteiger partial charge in [0, 0.05) is 24.6 Å². The van der Waals surface area contributed by atoms with E-state index in [0.29, 0.717) is 17.2 Å². The zero-order valence-electron chi connectivity index (χ0n) is 14.3. The van der Waals surface area contributed by atoms with Crippen molar-refractivity contribution in [3.63, 3.8) is 0 Å². The van der Waals surface area contributed by atoms with E-state index in [1.807, 2.05) is 18.7 Å². The van der Waals surface area contributed by atoms with Crippen LogP contribution >= 0.6 is 0 Å². The topological polar surface area (TPSA) is 58.2 Å². The van der Waals surface area contributed by atoms with Gasteiger partial charge in [-0.25, -0.2) is 0 Å². The molecule has 5 nitrogen and oxygen atoms in total. The maximum atomic E-state index is 13.0. The molecule has 2 atom stereocenters. The van der Waals surface area contributed by atoms with Crippen LogP contribution in [0, 0.1) is 5.41 Å². The van der Waals surface area contributed by atoms with Gasteiger partial charge in [0.1, 0.15) is 0 Å². The maximum absolute atomic E-state index is 13.0. The number of nitrogens with zero attached hydrogens (tertiary/aromatic N) is 2. The highest BCUT2D eigenvalue weighted by Gasteiger charge is 2.42. The van der Waals surface area contributed by atoms with Gasteiger partial charge >= 0.3 is 0 Å². The van der Waals surface area contributed by atoms with Crippen molar-refractivity contribution in [1.29, 1.82) is 0 Å². The van der Waals surface area contributed by atoms with Crippen LogP contribution in [0.3, 0.4) is 0 Å². The quantitative estimate of drug-likeness (QED) is 0.933. The van der Waals surface area contributed by atoms with Crippen molar-refractivity contribution in [2.45, 2.75) is 72.1 Å². The van der Waals surface area contributed by atoms with Gasteiger partial charge in [-0.1, -0.05) is 13.8 Å². The van der Waals surface area contributed by atoms with Gasteiger partial charge in [0.15, 0.2) is 5.69 Å². The fraction of sp³-hybridized carbons (Fsp3) is 0.765. The van der Waals surface area contributed by atoms with Crippen molar-refractivity contribution < 1.29 is 9.53 Å². The highest BCUT2D eigenvalue weighted by Crippen LogP contribution is 2.43. The number of amides is 1. The second-order valence-corrected chi connectivity index (χ2v) is 7.57. The van der Waals surface area contributed by atoms with Crippen LogP contribution in [0.1, 0.15) is 75.3 Å². The summed E-state index contributed by atoms with van der Waals surface area (Å²) in [6, 6.07) is 0.356. The van der Waals surface area contributed by atoms with Crippen molar-refractivity contribution in [3.05, 3.63) is 17.0 Å². The molecule has 22 heavy (non-hydrogen) atoms. The number of carbonyl (C=O) groups excluding carboxylic acids is 1. The molecule has 1 fully saturated rings. The van der Waals surface area contributed by atoms with E-state index in [-0.39, 0.29) is 18.1 Å². The van der Waals surface area contributed by atoms with Crippen LogP contribution in [0.4, 0.5) is 0 Å². The van der Waals surface area contributed by atoms with E-state index in [1.165, 1.54) is 0 Å². The summed E-state index contributed by atoms with van der Waals surface area (Å²) in [6.07, 6.45) is 3.02. The minimum Gasteiger partial charge on any atom is -0.369 e. The van der Waals surface area contributed by atoms with E-state index in [1.54, 1.807) is 0 Å². The van der Waals surface area contributed by atoms with Crippen LogP contribution < -0.4 is 0 Å². The summed E-state index contributed by atoms with van der Waals surface area (Å²) < 4.78 is 5.80. The third-order valence-electron chi connectivity index (χ3n) is 5.05. The first-order valence-electron chi connectivity index (χ1n) is 8.36. The number of nitrogens with one attached hydrogen (secondary N) is 1. The molecule has 0 bridgehead atoms. The molecule has 2 heterocycles. The first-order valence-corrected chi connectivity index (χ1v) is 8.36. The molecule has 0 radical (unpaired) electrons. The van der Waals surface area contributed by atoms with Gasteiger partial charge in [0.2, 0.25) is 0 Å². The standard InChI is InChI=1S/C17H27N3O2/c1-6-20(12-8-17(4,5)9-12)16(21)15-13-7-10(2)22-11(3)14(13)18-19-15/h10-12H,6-9H2,1-5H3,(H,18,19)/t10-,11+/m0/s1. The predicted molar refractivity (Wildman–Crippen MR) is 84.8 cm³/mol. The average Bonchev–Trinajstić information content (AvgIpc) is 2.81. The van der Waals surface area contributed by atoms with Crippen LogP contribution in [0.15, 0.2) is 0 Å². The number of aromatic amines is 1. The summed E-state index contributed by atoms with van der Waals surface area (Å²) in [7, 11) is 0. The Morgan fingerprint density at radius 3 is 2.68 bits per heavy atom. The summed E-state index contributed by atoms with van der Waals surface area (Å²) in [5.74, 6) is 0.0711. The Labute approximate surface area is 132 Å². The summed E-state index contributed by atoms with van der Waals surface area (Å²) in [5.41, 5.74) is 2.98. The maximum Gasteiger partial charge on any atom is 0.274 e. The minimum atomic E-state index is -0.0227. The molecule has 0 saturated heterocycles. The molecule has 1 aliphatic heterocycles. The smallest absolute Gasteiger partial charge is 0.274 e. The molecule has 1 aromatic heterocycles. The number of carbonyl (C=O) groups is 1. The molecule has 1 N–H and O–H groups in total. The van der Waals surface area contributed by atoms with E-state index in [0.717, 1.165) is 37.1 Å². The summed E-state index contributed by atoms with van der Waals surface area (Å²) in [4.78, 5) is 15.0. The van der Waals surface area contributed by atoms with E-state index in [4.69, 9.17) is 4.74 Å². The van der Waals surface area contributed by atoms with Crippen LogP contribution in [0.25, 0.3) is 0 Å². The van der Waals surface area contributed by atoms with Crippen LogP contribution in [0.5, 0.6) is 0 Å². The third-order valence-corrected chi connectivity index (χ3v) is 5.05. The number of fused-ring (bicyclic) bond motifs is 1. The Morgan fingerprint density at radius 2 is 2.09 bits per heavy atom. The molecule has 0 aromatic carbocycles. The normalized spacial score (nSPS) is 27.1. The number of hydrogen-bond acceptors (Lipinski definition) is 3. The molecule has 3 rings (SSSR count). The Balaban J connectivity index is 1.83. The molecule has 1 amide bonds. The number of rotatable bonds is 3. The lowest BCUT2D eigenvalue weighted by molar-refractivity contribution is -0.00716. The molecular formula is C17H27N3O2. The monoisotopic (exact) mass is 305 g/mol. The SMILES string of the molecule is CCN(C(=O)c1n[nH]c2c1C[C@H](C)O[C@@H]2C)C1CC(C)(C)C1. The van der Waals surface area contributed by atoms with Crippen molar-refractivity contribution in [2.75, 3.05) is 6.54 Å². The zero-order chi connectivity index (χ0) is 16.1. The van der Waals surface area contributed by atoms with Gasteiger partial charge in [-0.05, 0) is 39.0 Å². The van der Waals surface area contributed by atoms with E-state index in [9.17, 15) is 4.79 Å². The molecule has 1 saturated carbocycles. The second-order valence-electron chi connectivity index (χ2n) is 7.57. The van der Waals surface area contributed by atoms with E-state index in [2.05, 4.69) is 31.0 Å². The largest absolute Gasteiger partial charge is 0.369 e. The molecule has 1 aromatic rings. The lowest BCUT2D eigenvalue weighted by atomic mass is 9.68. The van der Waals surface area contributed by atoms with Gasteiger partial charge in [0.25, 0.3) is 5.91 Å². The average molecular weight is 305 g/mol. The summed E-state index contributed by atoms with van der Waals surface area (Å²) in [6.45, 7) is 11.4. The van der Waals surface area contributed by atoms with Crippen molar-refractivity contribution in [3.8, 4) is 0 Å². The summed E-state index contributed by atoms with van der Waals surface area (Å²) >= 11 is 0. The van der Waals surface area contributed by atoms with Crippen LogP contribution in [-0.2, 0) is 11.2 Å². The Kier molecular flexibility index (Phi) is 3.79. The zero-order valence-corrected chi connectivity index (χ0v) is 14.3. The highest BCUT2D eigenvalue weighted by atomic mass is 16.5. The molecule has 2 aliphatic rings. The Morgan fingerprint density at radius 1 is 1.41 bits per heavy atom. The first-order chi connectivity index (χ1) is 10.3. The van der Waals surface area contributed by atoms with E-state index < -0.39 is 0 Å². The van der Waals surface area contributed by atoms with Gasteiger partial charge in [-0.3, -0.25) is 9.89 Å². The molecule has 122 valence electrons. The number of hydrogen-bond donors (Lipinski definition) is 1. The van der Waals surface area contributed by atoms with Crippen molar-refractivity contribution in [2.24, 2.45) is 5.41 Å². The third kappa shape index (κ3) is 2.56. The summed E-state index contributed by atoms with van der Waals surface area (Å²) in [5, 5.41) is 7.36. The lowest BCUT2D eigenvalue weighted by Gasteiger charge is -2.48. The predicted octanol–water partition coefficient (Wildman–Crippen LogP) is 3.08. The van der Waals surface area contributed by atoms with Crippen LogP contribution in [-0.4, -0.2) is 39.7 Å². The molecule has 1 aliphatic carbocycles. The lowest BCUT2D eigenvalue weighted by Crippen LogP contribution is -2.51. The molecule has 0 unspecified atom stereocenters. The fourth-order valence-corrected chi connectivity index (χ4v) is 3.99. The molecule has 0 spiro atoms. The van der Waals surface area contributed by atoms with Gasteiger partial charge in [-0.2, -0.15) is 5.10 Å². The van der Waals surface area contributed by atoms with Gasteiger partial charge < -0.3 is 9.64 Å². The second kappa shape index (κ2) is 5.37. The van der Waals surface area contributed by atoms with Gasteiger partial charge in [-0.15, -0.1) is 0 Å². The number of H-pyrrole nitrogens is 1. The molecular weight excluding hydrogens is 278 g/mol. The Bertz CT molecular complexity index is 570. The Hall–Kier alpha value is -1.36. The van der Waals surface area contributed by atoms with Crippen molar-refractivity contribution >= 4 is 5.91 Å². The van der Waals surface area contributed by atoms with Crippen molar-refractivity contribution in [1.82, 2.24) is 15.1 Å². The number of ether oxygens (including phenoxy) is 1.